The van der Waals surface area contributed by atoms with Gasteiger partial charge in [-0.15, -0.1) is 0 Å². The molecule has 0 aliphatic carbocycles. The fourth-order valence-corrected chi connectivity index (χ4v) is 2.41. The average molecular weight is 345 g/mol. The number of nitrogens with one attached hydrogen (secondary N) is 1. The molecule has 1 atom stereocenters. The topological polar surface area (TPSA) is 50.9 Å². The highest BCUT2D eigenvalue weighted by molar-refractivity contribution is 9.10. The molecule has 1 unspecified atom stereocenters. The van der Waals surface area contributed by atoms with Crippen LogP contribution in [0.5, 0.6) is 0 Å². The molecular weight excluding hydrogens is 333 g/mol. The fraction of sp³-hybridized carbons (Fsp3) is 0.154. The van der Waals surface area contributed by atoms with Gasteiger partial charge in [0.25, 0.3) is 0 Å². The van der Waals surface area contributed by atoms with Crippen LogP contribution in [-0.2, 0) is 6.42 Å². The van der Waals surface area contributed by atoms with Crippen molar-refractivity contribution in [3.8, 4) is 0 Å². The van der Waals surface area contributed by atoms with E-state index in [0.717, 1.165) is 15.6 Å². The van der Waals surface area contributed by atoms with Crippen LogP contribution in [0.15, 0.2) is 41.1 Å². The second kappa shape index (κ2) is 6.43. The number of halogens is 3. The van der Waals surface area contributed by atoms with Gasteiger partial charge in [-0.05, 0) is 51.7 Å². The van der Waals surface area contributed by atoms with Gasteiger partial charge in [0, 0.05) is 16.9 Å². The predicted octanol–water partition coefficient (Wildman–Crippen LogP) is 3.38. The lowest BCUT2D eigenvalue weighted by Crippen LogP contribution is -2.29. The zero-order chi connectivity index (χ0) is 13.8. The molecule has 3 nitrogen and oxygen atoms in total. The van der Waals surface area contributed by atoms with Crippen molar-refractivity contribution in [2.75, 3.05) is 0 Å². The molecule has 19 heavy (non-hydrogen) atoms. The van der Waals surface area contributed by atoms with E-state index in [0.29, 0.717) is 6.42 Å². The lowest BCUT2D eigenvalue weighted by atomic mass is 10.0. The van der Waals surface area contributed by atoms with Crippen LogP contribution >= 0.6 is 27.5 Å². The molecule has 0 aliphatic rings. The summed E-state index contributed by atoms with van der Waals surface area (Å²) in [5.74, 6) is 5.12. The van der Waals surface area contributed by atoms with Gasteiger partial charge >= 0.3 is 0 Å². The molecule has 2 rings (SSSR count). The number of aromatic nitrogens is 1. The van der Waals surface area contributed by atoms with Gasteiger partial charge in [-0.2, -0.15) is 0 Å². The van der Waals surface area contributed by atoms with Crippen LogP contribution in [0.25, 0.3) is 0 Å². The first kappa shape index (κ1) is 14.4. The Bertz CT molecular complexity index is 580. The number of hydrogen-bond acceptors (Lipinski definition) is 3. The summed E-state index contributed by atoms with van der Waals surface area (Å²) in [5.41, 5.74) is 4.55. The number of nitrogens with two attached hydrogens (primary N) is 1. The van der Waals surface area contributed by atoms with Crippen molar-refractivity contribution < 1.29 is 4.39 Å². The van der Waals surface area contributed by atoms with E-state index >= 15 is 0 Å². The van der Waals surface area contributed by atoms with Crippen LogP contribution in [0.3, 0.4) is 0 Å². The zero-order valence-electron chi connectivity index (χ0n) is 9.91. The molecule has 0 fully saturated rings. The number of nitrogens with zero attached hydrogens (tertiary/aromatic N) is 1. The van der Waals surface area contributed by atoms with Crippen molar-refractivity contribution in [2.45, 2.75) is 12.5 Å². The first-order chi connectivity index (χ1) is 9.10. The molecule has 0 amide bonds. The molecule has 0 bridgehead atoms. The minimum absolute atomic E-state index is 0.0881. The molecule has 2 aromatic rings. The van der Waals surface area contributed by atoms with Gasteiger partial charge in [0.2, 0.25) is 0 Å². The van der Waals surface area contributed by atoms with E-state index in [2.05, 4.69) is 26.3 Å². The molecule has 0 saturated heterocycles. The number of pyridine rings is 1. The Kier molecular flexibility index (Phi) is 4.87. The molecule has 1 aromatic carbocycles. The zero-order valence-corrected chi connectivity index (χ0v) is 12.2. The fourth-order valence-electron chi connectivity index (χ4n) is 1.81. The van der Waals surface area contributed by atoms with Gasteiger partial charge in [0.15, 0.2) is 0 Å². The van der Waals surface area contributed by atoms with E-state index in [1.54, 1.807) is 24.5 Å². The Morgan fingerprint density at radius 1 is 1.37 bits per heavy atom. The molecule has 1 aromatic heterocycles. The predicted molar refractivity (Wildman–Crippen MR) is 77.1 cm³/mol. The molecule has 0 aliphatic heterocycles. The van der Waals surface area contributed by atoms with E-state index in [1.807, 2.05) is 6.07 Å². The maximum absolute atomic E-state index is 13.1. The van der Waals surface area contributed by atoms with E-state index in [9.17, 15) is 4.39 Å². The largest absolute Gasteiger partial charge is 0.271 e. The van der Waals surface area contributed by atoms with Crippen LogP contribution in [0.2, 0.25) is 5.02 Å². The number of hydrogen-bond donors (Lipinski definition) is 2. The van der Waals surface area contributed by atoms with E-state index < -0.39 is 5.82 Å². The highest BCUT2D eigenvalue weighted by Gasteiger charge is 2.13. The van der Waals surface area contributed by atoms with Crippen LogP contribution < -0.4 is 11.3 Å². The molecule has 0 spiro atoms. The number of benzene rings is 1. The minimum atomic E-state index is -0.440. The van der Waals surface area contributed by atoms with Crippen molar-refractivity contribution in [3.05, 3.63) is 63.1 Å². The summed E-state index contributed by atoms with van der Waals surface area (Å²) >= 11 is 9.15. The third kappa shape index (κ3) is 3.73. The van der Waals surface area contributed by atoms with Crippen molar-refractivity contribution in [1.29, 1.82) is 0 Å². The van der Waals surface area contributed by atoms with Gasteiger partial charge in [-0.25, -0.2) is 4.39 Å². The highest BCUT2D eigenvalue weighted by Crippen LogP contribution is 2.23. The molecule has 3 N–H and O–H groups in total. The van der Waals surface area contributed by atoms with Crippen LogP contribution in [0.4, 0.5) is 4.39 Å². The monoisotopic (exact) mass is 343 g/mol. The average Bonchev–Trinajstić information content (AvgIpc) is 2.39. The summed E-state index contributed by atoms with van der Waals surface area (Å²) in [5, 5.41) is 0.0881. The normalized spacial score (nSPS) is 12.4. The van der Waals surface area contributed by atoms with Crippen molar-refractivity contribution in [1.82, 2.24) is 10.4 Å². The van der Waals surface area contributed by atoms with Gasteiger partial charge in [0.05, 0.1) is 11.1 Å². The summed E-state index contributed by atoms with van der Waals surface area (Å²) in [7, 11) is 0. The van der Waals surface area contributed by atoms with Gasteiger partial charge in [0.1, 0.15) is 5.82 Å². The van der Waals surface area contributed by atoms with Crippen LogP contribution in [0.1, 0.15) is 17.2 Å². The van der Waals surface area contributed by atoms with E-state index in [4.69, 9.17) is 17.4 Å². The van der Waals surface area contributed by atoms with E-state index in [-0.39, 0.29) is 11.1 Å². The third-order valence-electron chi connectivity index (χ3n) is 2.75. The summed E-state index contributed by atoms with van der Waals surface area (Å²) < 4.78 is 14.0. The van der Waals surface area contributed by atoms with Crippen molar-refractivity contribution in [2.24, 2.45) is 5.84 Å². The van der Waals surface area contributed by atoms with Gasteiger partial charge < -0.3 is 0 Å². The SMILES string of the molecule is NNC(Cc1cncc(Br)c1)c1ccc(F)c(Cl)c1. The van der Waals surface area contributed by atoms with Crippen LogP contribution in [-0.4, -0.2) is 4.98 Å². The maximum Gasteiger partial charge on any atom is 0.141 e. The molecule has 0 saturated carbocycles. The van der Waals surface area contributed by atoms with Gasteiger partial charge in [-0.3, -0.25) is 16.3 Å². The first-order valence-electron chi connectivity index (χ1n) is 5.60. The quantitative estimate of drug-likeness (QED) is 0.660. The Labute approximate surface area is 124 Å². The second-order valence-electron chi connectivity index (χ2n) is 4.11. The molecule has 1 heterocycles. The summed E-state index contributed by atoms with van der Waals surface area (Å²) in [6, 6.07) is 6.38. The Morgan fingerprint density at radius 3 is 2.79 bits per heavy atom. The standard InChI is InChI=1S/C13H12BrClFN3/c14-10-3-8(6-18-7-10)4-13(19-17)9-1-2-12(16)11(15)5-9/h1-3,5-7,13,19H,4,17H2. The summed E-state index contributed by atoms with van der Waals surface area (Å²) in [4.78, 5) is 4.10. The minimum Gasteiger partial charge on any atom is -0.271 e. The molecule has 0 radical (unpaired) electrons. The molecule has 100 valence electrons. The summed E-state index contributed by atoms with van der Waals surface area (Å²) in [6.45, 7) is 0. The third-order valence-corrected chi connectivity index (χ3v) is 3.47. The first-order valence-corrected chi connectivity index (χ1v) is 6.77. The molecule has 6 heteroatoms. The smallest absolute Gasteiger partial charge is 0.141 e. The highest BCUT2D eigenvalue weighted by atomic mass is 79.9. The van der Waals surface area contributed by atoms with Crippen LogP contribution in [0, 0.1) is 5.82 Å². The lowest BCUT2D eigenvalue weighted by Gasteiger charge is -2.16. The Morgan fingerprint density at radius 2 is 2.16 bits per heavy atom. The maximum atomic E-state index is 13.1. The Balaban J connectivity index is 2.22. The van der Waals surface area contributed by atoms with Crippen molar-refractivity contribution in [3.63, 3.8) is 0 Å². The molecular formula is C13H12BrClFN3. The van der Waals surface area contributed by atoms with Gasteiger partial charge in [-0.1, -0.05) is 17.7 Å². The van der Waals surface area contributed by atoms with E-state index in [1.165, 1.54) is 6.07 Å². The number of hydrazine groups is 1. The summed E-state index contributed by atoms with van der Waals surface area (Å²) in [6.07, 6.45) is 4.11. The second-order valence-corrected chi connectivity index (χ2v) is 5.43. The van der Waals surface area contributed by atoms with Crippen molar-refractivity contribution >= 4 is 27.5 Å². The number of rotatable bonds is 4. The lowest BCUT2D eigenvalue weighted by molar-refractivity contribution is 0.548. The Hall–Kier alpha value is -1.01.